The number of rotatable bonds is 3. The Morgan fingerprint density at radius 2 is 1.73 bits per heavy atom. The largest absolute Gasteiger partial charge is 0.332 e. The summed E-state index contributed by atoms with van der Waals surface area (Å²) in [6.07, 6.45) is 0. The van der Waals surface area contributed by atoms with E-state index in [4.69, 9.17) is 0 Å². The van der Waals surface area contributed by atoms with Gasteiger partial charge < -0.3 is 9.47 Å². The van der Waals surface area contributed by atoms with Crippen LogP contribution in [0, 0.1) is 11.6 Å². The Balaban J connectivity index is 1.68. The van der Waals surface area contributed by atoms with Gasteiger partial charge in [-0.25, -0.2) is 13.6 Å². The van der Waals surface area contributed by atoms with Crippen molar-refractivity contribution in [2.45, 2.75) is 13.1 Å². The maximum absolute atomic E-state index is 14.1. The van der Waals surface area contributed by atoms with Gasteiger partial charge in [0, 0.05) is 31.4 Å². The summed E-state index contributed by atoms with van der Waals surface area (Å²) in [5, 5.41) is 0. The average Bonchev–Trinajstić information content (AvgIpc) is 3.31. The summed E-state index contributed by atoms with van der Waals surface area (Å²) < 4.78 is 31.5. The third-order valence-electron chi connectivity index (χ3n) is 5.43. The SMILES string of the molecule is Cn1c(=O)n(Cc2ccccc2F)c(=O)c2c1nc1n2CCN1c1ccc(F)cc1. The zero-order chi connectivity index (χ0) is 21.0. The van der Waals surface area contributed by atoms with Crippen molar-refractivity contribution in [3.8, 4) is 0 Å². The zero-order valence-corrected chi connectivity index (χ0v) is 16.0. The minimum absolute atomic E-state index is 0.170. The van der Waals surface area contributed by atoms with E-state index in [1.54, 1.807) is 34.9 Å². The summed E-state index contributed by atoms with van der Waals surface area (Å²) in [4.78, 5) is 32.5. The van der Waals surface area contributed by atoms with Gasteiger partial charge in [-0.15, -0.1) is 0 Å². The number of fused-ring (bicyclic) bond motifs is 3. The maximum atomic E-state index is 14.1. The highest BCUT2D eigenvalue weighted by molar-refractivity contribution is 5.77. The number of nitrogens with zero attached hydrogens (tertiary/aromatic N) is 5. The molecule has 30 heavy (non-hydrogen) atoms. The molecule has 0 unspecified atom stereocenters. The summed E-state index contributed by atoms with van der Waals surface area (Å²) in [6, 6.07) is 12.0. The lowest BCUT2D eigenvalue weighted by Gasteiger charge is -2.15. The Kier molecular flexibility index (Phi) is 4.05. The molecule has 2 aromatic carbocycles. The highest BCUT2D eigenvalue weighted by atomic mass is 19.1. The number of aromatic nitrogens is 4. The molecule has 4 aromatic rings. The van der Waals surface area contributed by atoms with Gasteiger partial charge in [-0.05, 0) is 30.3 Å². The van der Waals surface area contributed by atoms with Crippen LogP contribution in [-0.2, 0) is 20.1 Å². The topological polar surface area (TPSA) is 65.1 Å². The van der Waals surface area contributed by atoms with Gasteiger partial charge in [0.15, 0.2) is 11.2 Å². The number of hydrogen-bond acceptors (Lipinski definition) is 4. The summed E-state index contributed by atoms with van der Waals surface area (Å²) in [5.74, 6) is -0.315. The van der Waals surface area contributed by atoms with Crippen molar-refractivity contribution >= 4 is 22.8 Å². The predicted octanol–water partition coefficient (Wildman–Crippen LogP) is 2.37. The minimum atomic E-state index is -0.569. The van der Waals surface area contributed by atoms with Gasteiger partial charge in [0.2, 0.25) is 5.95 Å². The zero-order valence-electron chi connectivity index (χ0n) is 16.0. The van der Waals surface area contributed by atoms with E-state index in [0.717, 1.165) is 10.3 Å². The first kappa shape index (κ1) is 18.3. The van der Waals surface area contributed by atoms with Gasteiger partial charge in [0.1, 0.15) is 11.6 Å². The lowest BCUT2D eigenvalue weighted by molar-refractivity contribution is 0.582. The molecule has 0 amide bonds. The van der Waals surface area contributed by atoms with Crippen molar-refractivity contribution in [3.63, 3.8) is 0 Å². The normalized spacial score (nSPS) is 13.2. The van der Waals surface area contributed by atoms with E-state index in [0.29, 0.717) is 19.0 Å². The van der Waals surface area contributed by atoms with Crippen LogP contribution in [0.5, 0.6) is 0 Å². The van der Waals surface area contributed by atoms with Crippen LogP contribution in [0.25, 0.3) is 11.2 Å². The fourth-order valence-electron chi connectivity index (χ4n) is 3.88. The summed E-state index contributed by atoms with van der Waals surface area (Å²) in [5.41, 5.74) is 0.453. The van der Waals surface area contributed by atoms with Gasteiger partial charge in [-0.1, -0.05) is 18.2 Å². The molecule has 0 saturated heterocycles. The van der Waals surface area contributed by atoms with Crippen molar-refractivity contribution in [2.24, 2.45) is 7.05 Å². The molecule has 0 aliphatic carbocycles. The Morgan fingerprint density at radius 3 is 2.47 bits per heavy atom. The van der Waals surface area contributed by atoms with Crippen LogP contribution >= 0.6 is 0 Å². The smallest absolute Gasteiger partial charge is 0.310 e. The monoisotopic (exact) mass is 409 g/mol. The van der Waals surface area contributed by atoms with Crippen molar-refractivity contribution < 1.29 is 8.78 Å². The number of anilines is 2. The molecule has 3 heterocycles. The van der Waals surface area contributed by atoms with Gasteiger partial charge >= 0.3 is 5.69 Å². The van der Waals surface area contributed by atoms with Crippen LogP contribution in [0.3, 0.4) is 0 Å². The highest BCUT2D eigenvalue weighted by Gasteiger charge is 2.28. The van der Waals surface area contributed by atoms with Gasteiger partial charge in [-0.2, -0.15) is 4.98 Å². The molecule has 7 nitrogen and oxygen atoms in total. The Labute approximate surface area is 169 Å². The minimum Gasteiger partial charge on any atom is -0.310 e. The fraction of sp³-hybridized carbons (Fsp3) is 0.190. The van der Waals surface area contributed by atoms with Crippen LogP contribution in [0.4, 0.5) is 20.4 Å². The summed E-state index contributed by atoms with van der Waals surface area (Å²) >= 11 is 0. The molecule has 1 aliphatic heterocycles. The quantitative estimate of drug-likeness (QED) is 0.521. The molecule has 0 spiro atoms. The lowest BCUT2D eigenvalue weighted by atomic mass is 10.2. The van der Waals surface area contributed by atoms with E-state index in [1.165, 1.54) is 29.8 Å². The summed E-state index contributed by atoms with van der Waals surface area (Å²) in [7, 11) is 1.53. The van der Waals surface area contributed by atoms with Crippen LogP contribution in [-0.4, -0.2) is 25.2 Å². The molecule has 5 rings (SSSR count). The molecule has 0 radical (unpaired) electrons. The first-order valence-electron chi connectivity index (χ1n) is 9.42. The summed E-state index contributed by atoms with van der Waals surface area (Å²) in [6.45, 7) is 0.867. The van der Waals surface area contributed by atoms with Gasteiger partial charge in [0.25, 0.3) is 5.56 Å². The second-order valence-electron chi connectivity index (χ2n) is 7.19. The van der Waals surface area contributed by atoms with Crippen molar-refractivity contribution in [1.82, 2.24) is 18.7 Å². The molecule has 0 saturated carbocycles. The van der Waals surface area contributed by atoms with E-state index >= 15 is 0 Å². The molecule has 2 aromatic heterocycles. The van der Waals surface area contributed by atoms with Crippen LogP contribution in [0.2, 0.25) is 0 Å². The maximum Gasteiger partial charge on any atom is 0.332 e. The van der Waals surface area contributed by atoms with Gasteiger partial charge in [0.05, 0.1) is 6.54 Å². The lowest BCUT2D eigenvalue weighted by Crippen LogP contribution is -2.40. The number of hydrogen-bond donors (Lipinski definition) is 0. The van der Waals surface area contributed by atoms with E-state index in [9.17, 15) is 18.4 Å². The molecule has 0 fully saturated rings. The second-order valence-corrected chi connectivity index (χ2v) is 7.19. The van der Waals surface area contributed by atoms with Crippen molar-refractivity contribution in [2.75, 3.05) is 11.4 Å². The standard InChI is InChI=1S/C21H17F2N5O2/c1-25-18-17(19(29)28(21(25)30)12-13-4-2-3-5-16(13)23)27-11-10-26(20(27)24-18)15-8-6-14(22)7-9-15/h2-9H,10-12H2,1H3. The van der Waals surface area contributed by atoms with Crippen LogP contribution in [0.15, 0.2) is 58.1 Å². The average molecular weight is 409 g/mol. The molecule has 0 atom stereocenters. The highest BCUT2D eigenvalue weighted by Crippen LogP contribution is 2.31. The van der Waals surface area contributed by atoms with E-state index in [2.05, 4.69) is 4.98 Å². The molecular weight excluding hydrogens is 392 g/mol. The Morgan fingerprint density at radius 1 is 1.00 bits per heavy atom. The predicted molar refractivity (Wildman–Crippen MR) is 108 cm³/mol. The first-order valence-corrected chi connectivity index (χ1v) is 9.42. The van der Waals surface area contributed by atoms with E-state index in [-0.39, 0.29) is 29.1 Å². The number of aryl methyl sites for hydroxylation is 1. The number of benzene rings is 2. The fourth-order valence-corrected chi connectivity index (χ4v) is 3.88. The van der Waals surface area contributed by atoms with E-state index in [1.807, 2.05) is 4.90 Å². The molecular formula is C21H17F2N5O2. The third-order valence-corrected chi connectivity index (χ3v) is 5.43. The molecule has 0 bridgehead atoms. The Bertz CT molecular complexity index is 1400. The van der Waals surface area contributed by atoms with Crippen LogP contribution < -0.4 is 16.1 Å². The molecule has 9 heteroatoms. The van der Waals surface area contributed by atoms with Crippen molar-refractivity contribution in [3.05, 3.63) is 86.6 Å². The number of halogens is 2. The molecule has 0 N–H and O–H groups in total. The van der Waals surface area contributed by atoms with Crippen LogP contribution in [0.1, 0.15) is 5.56 Å². The van der Waals surface area contributed by atoms with E-state index < -0.39 is 17.1 Å². The number of imidazole rings is 1. The molecule has 152 valence electrons. The molecule has 1 aliphatic rings. The van der Waals surface area contributed by atoms with Crippen molar-refractivity contribution in [1.29, 1.82) is 0 Å². The third kappa shape index (κ3) is 2.66. The Hall–Kier alpha value is -3.75. The first-order chi connectivity index (χ1) is 14.5. The second kappa shape index (κ2) is 6.65. The van der Waals surface area contributed by atoms with Gasteiger partial charge in [-0.3, -0.25) is 13.9 Å².